The van der Waals surface area contributed by atoms with Gasteiger partial charge in [-0.3, -0.25) is 9.59 Å². The molecule has 1 N–H and O–H groups in total. The van der Waals surface area contributed by atoms with Gasteiger partial charge in [-0.25, -0.2) is 0 Å². The van der Waals surface area contributed by atoms with Gasteiger partial charge in [-0.15, -0.1) is 0 Å². The van der Waals surface area contributed by atoms with Crippen molar-refractivity contribution in [3.63, 3.8) is 0 Å². The Bertz CT molecular complexity index is 880. The molecule has 0 aliphatic carbocycles. The van der Waals surface area contributed by atoms with Crippen LogP contribution in [0.4, 0.5) is 0 Å². The molecule has 0 spiro atoms. The van der Waals surface area contributed by atoms with Gasteiger partial charge in [0, 0.05) is 12.1 Å². The van der Waals surface area contributed by atoms with E-state index in [2.05, 4.69) is 5.32 Å². The topological polar surface area (TPSA) is 67.9 Å². The average Bonchev–Trinajstić information content (AvgIpc) is 2.69. The fourth-order valence-electron chi connectivity index (χ4n) is 2.81. The number of carbonyl (C=O) groups excluding carboxylic acids is 2. The van der Waals surface area contributed by atoms with Crippen LogP contribution in [-0.2, 0) is 16.1 Å². The van der Waals surface area contributed by atoms with Crippen molar-refractivity contribution in [1.29, 1.82) is 0 Å². The molecule has 0 bridgehead atoms. The van der Waals surface area contributed by atoms with E-state index in [1.807, 2.05) is 45.0 Å². The van der Waals surface area contributed by atoms with E-state index in [0.29, 0.717) is 16.5 Å². The van der Waals surface area contributed by atoms with E-state index in [-0.39, 0.29) is 25.0 Å². The van der Waals surface area contributed by atoms with Crippen LogP contribution in [0.1, 0.15) is 33.3 Å². The van der Waals surface area contributed by atoms with Crippen LogP contribution < -0.4 is 14.8 Å². The predicted molar refractivity (Wildman–Crippen MR) is 118 cm³/mol. The summed E-state index contributed by atoms with van der Waals surface area (Å²) in [5, 5.41) is 3.35. The molecule has 2 rings (SSSR count). The molecule has 2 aromatic rings. The summed E-state index contributed by atoms with van der Waals surface area (Å²) in [6, 6.07) is 13.6. The number of nitrogens with zero attached hydrogens (tertiary/aromatic N) is 1. The van der Waals surface area contributed by atoms with Gasteiger partial charge in [0.1, 0.15) is 17.5 Å². The monoisotopic (exact) mass is 432 g/mol. The molecule has 162 valence electrons. The van der Waals surface area contributed by atoms with Gasteiger partial charge < -0.3 is 19.7 Å². The SMILES string of the molecule is COc1cccc(CN(C(=O)COc2ccccc2Cl)[C@H](C)C(=O)NC(C)(C)C)c1. The summed E-state index contributed by atoms with van der Waals surface area (Å²) in [6.45, 7) is 7.39. The zero-order valence-electron chi connectivity index (χ0n) is 18.1. The molecule has 0 radical (unpaired) electrons. The van der Waals surface area contributed by atoms with Crippen LogP contribution in [0, 0.1) is 0 Å². The minimum atomic E-state index is -0.697. The fraction of sp³-hybridized carbons (Fsp3) is 0.391. The van der Waals surface area contributed by atoms with Crippen LogP contribution in [0.2, 0.25) is 5.02 Å². The largest absolute Gasteiger partial charge is 0.497 e. The Morgan fingerprint density at radius 3 is 2.47 bits per heavy atom. The van der Waals surface area contributed by atoms with Crippen molar-refractivity contribution in [3.05, 3.63) is 59.1 Å². The van der Waals surface area contributed by atoms with Gasteiger partial charge in [-0.2, -0.15) is 0 Å². The minimum absolute atomic E-state index is 0.235. The van der Waals surface area contributed by atoms with Gasteiger partial charge >= 0.3 is 0 Å². The second kappa shape index (κ2) is 10.3. The molecule has 0 heterocycles. The Morgan fingerprint density at radius 1 is 1.13 bits per heavy atom. The van der Waals surface area contributed by atoms with Gasteiger partial charge in [-0.05, 0) is 57.5 Å². The molecular weight excluding hydrogens is 404 g/mol. The maximum Gasteiger partial charge on any atom is 0.261 e. The van der Waals surface area contributed by atoms with Crippen molar-refractivity contribution in [2.24, 2.45) is 0 Å². The molecule has 0 aliphatic rings. The van der Waals surface area contributed by atoms with E-state index in [9.17, 15) is 9.59 Å². The normalized spacial score (nSPS) is 12.1. The lowest BCUT2D eigenvalue weighted by atomic mass is 10.1. The van der Waals surface area contributed by atoms with Crippen molar-refractivity contribution in [1.82, 2.24) is 10.2 Å². The first-order chi connectivity index (χ1) is 14.1. The van der Waals surface area contributed by atoms with Gasteiger partial charge in [-0.1, -0.05) is 35.9 Å². The maximum atomic E-state index is 13.0. The number of halogens is 1. The number of carbonyl (C=O) groups is 2. The van der Waals surface area contributed by atoms with E-state index in [0.717, 1.165) is 5.56 Å². The minimum Gasteiger partial charge on any atom is -0.497 e. The van der Waals surface area contributed by atoms with Crippen molar-refractivity contribution in [2.75, 3.05) is 13.7 Å². The molecule has 0 saturated carbocycles. The Labute approximate surface area is 183 Å². The number of hydrogen-bond acceptors (Lipinski definition) is 4. The summed E-state index contributed by atoms with van der Waals surface area (Å²) in [5.41, 5.74) is 0.431. The van der Waals surface area contributed by atoms with Crippen LogP contribution in [0.25, 0.3) is 0 Å². The molecule has 2 amide bonds. The van der Waals surface area contributed by atoms with Crippen LogP contribution in [0.3, 0.4) is 0 Å². The molecular formula is C23H29ClN2O4. The Kier molecular flexibility index (Phi) is 8.12. The lowest BCUT2D eigenvalue weighted by Crippen LogP contribution is -2.53. The predicted octanol–water partition coefficient (Wildman–Crippen LogP) is 4.06. The lowest BCUT2D eigenvalue weighted by molar-refractivity contribution is -0.142. The highest BCUT2D eigenvalue weighted by atomic mass is 35.5. The smallest absolute Gasteiger partial charge is 0.261 e. The van der Waals surface area contributed by atoms with Crippen LogP contribution in [-0.4, -0.2) is 42.0 Å². The summed E-state index contributed by atoms with van der Waals surface area (Å²) < 4.78 is 10.9. The first kappa shape index (κ1) is 23.5. The third kappa shape index (κ3) is 6.95. The van der Waals surface area contributed by atoms with E-state index >= 15 is 0 Å². The third-order valence-corrected chi connectivity index (χ3v) is 4.65. The zero-order chi connectivity index (χ0) is 22.3. The summed E-state index contributed by atoms with van der Waals surface area (Å²) in [5.74, 6) is 0.533. The Hall–Kier alpha value is -2.73. The zero-order valence-corrected chi connectivity index (χ0v) is 18.8. The molecule has 30 heavy (non-hydrogen) atoms. The number of rotatable bonds is 8. The maximum absolute atomic E-state index is 13.0. The molecule has 7 heteroatoms. The quantitative estimate of drug-likeness (QED) is 0.683. The second-order valence-corrected chi connectivity index (χ2v) is 8.41. The number of para-hydroxylation sites is 1. The number of nitrogens with one attached hydrogen (secondary N) is 1. The van der Waals surface area contributed by atoms with Crippen molar-refractivity contribution in [3.8, 4) is 11.5 Å². The molecule has 0 fully saturated rings. The van der Waals surface area contributed by atoms with Crippen molar-refractivity contribution >= 4 is 23.4 Å². The number of hydrogen-bond donors (Lipinski definition) is 1. The average molecular weight is 433 g/mol. The highest BCUT2D eigenvalue weighted by Gasteiger charge is 2.28. The Morgan fingerprint density at radius 2 is 1.83 bits per heavy atom. The van der Waals surface area contributed by atoms with Crippen molar-refractivity contribution < 1.29 is 19.1 Å². The van der Waals surface area contributed by atoms with Crippen LogP contribution in [0.5, 0.6) is 11.5 Å². The van der Waals surface area contributed by atoms with E-state index < -0.39 is 11.6 Å². The van der Waals surface area contributed by atoms with Crippen LogP contribution in [0.15, 0.2) is 48.5 Å². The van der Waals surface area contributed by atoms with E-state index in [4.69, 9.17) is 21.1 Å². The number of benzene rings is 2. The molecule has 6 nitrogen and oxygen atoms in total. The summed E-state index contributed by atoms with van der Waals surface area (Å²) in [6.07, 6.45) is 0. The fourth-order valence-corrected chi connectivity index (χ4v) is 3.00. The van der Waals surface area contributed by atoms with Crippen LogP contribution >= 0.6 is 11.6 Å². The molecule has 1 atom stereocenters. The molecule has 0 aromatic heterocycles. The molecule has 0 saturated heterocycles. The number of ether oxygens (including phenoxy) is 2. The third-order valence-electron chi connectivity index (χ3n) is 4.34. The highest BCUT2D eigenvalue weighted by Crippen LogP contribution is 2.23. The van der Waals surface area contributed by atoms with E-state index in [1.165, 1.54) is 4.90 Å². The van der Waals surface area contributed by atoms with Gasteiger partial charge in [0.15, 0.2) is 6.61 Å². The molecule has 2 aromatic carbocycles. The first-order valence-corrected chi connectivity index (χ1v) is 10.1. The standard InChI is InChI=1S/C23H29ClN2O4/c1-16(22(28)25-23(2,3)4)26(14-17-9-8-10-18(13-17)29-5)21(27)15-30-20-12-7-6-11-19(20)24/h6-13,16H,14-15H2,1-5H3,(H,25,28)/t16-/m1/s1. The second-order valence-electron chi connectivity index (χ2n) is 8.01. The first-order valence-electron chi connectivity index (χ1n) is 9.72. The molecule has 0 aliphatic heterocycles. The lowest BCUT2D eigenvalue weighted by Gasteiger charge is -2.31. The number of methoxy groups -OCH3 is 1. The van der Waals surface area contributed by atoms with Gasteiger partial charge in [0.05, 0.1) is 12.1 Å². The van der Waals surface area contributed by atoms with E-state index in [1.54, 1.807) is 38.3 Å². The van der Waals surface area contributed by atoms with Gasteiger partial charge in [0.25, 0.3) is 5.91 Å². The highest BCUT2D eigenvalue weighted by molar-refractivity contribution is 6.32. The Balaban J connectivity index is 2.21. The summed E-state index contributed by atoms with van der Waals surface area (Å²) >= 11 is 6.11. The van der Waals surface area contributed by atoms with Crippen molar-refractivity contribution in [2.45, 2.75) is 45.8 Å². The summed E-state index contributed by atoms with van der Waals surface area (Å²) in [4.78, 5) is 27.3. The van der Waals surface area contributed by atoms with Gasteiger partial charge in [0.2, 0.25) is 5.91 Å². The number of amides is 2. The molecule has 0 unspecified atom stereocenters. The summed E-state index contributed by atoms with van der Waals surface area (Å²) in [7, 11) is 1.58.